The lowest BCUT2D eigenvalue weighted by molar-refractivity contribution is 0.0954. The lowest BCUT2D eigenvalue weighted by Gasteiger charge is -2.09. The van der Waals surface area contributed by atoms with Crippen LogP contribution in [0.25, 0.3) is 10.6 Å². The average molecular weight is 343 g/mol. The van der Waals surface area contributed by atoms with Crippen LogP contribution in [-0.4, -0.2) is 32.3 Å². The molecule has 0 fully saturated rings. The van der Waals surface area contributed by atoms with Crippen LogP contribution >= 0.6 is 11.3 Å². The largest absolute Gasteiger partial charge is 0.478 e. The molecule has 0 atom stereocenters. The Morgan fingerprint density at radius 3 is 3.00 bits per heavy atom. The number of thiazole rings is 1. The number of nitrogens with one attached hydrogen (secondary N) is 1. The van der Waals surface area contributed by atoms with Gasteiger partial charge >= 0.3 is 0 Å². The lowest BCUT2D eigenvalue weighted by atomic mass is 10.2. The molecule has 124 valence electrons. The molecule has 1 amide bonds. The number of amides is 1. The van der Waals surface area contributed by atoms with Crippen molar-refractivity contribution in [2.45, 2.75) is 13.5 Å². The van der Waals surface area contributed by atoms with Crippen LogP contribution in [0.4, 0.5) is 0 Å². The molecule has 3 rings (SSSR count). The monoisotopic (exact) mass is 343 g/mol. The number of pyridine rings is 1. The highest BCUT2D eigenvalue weighted by molar-refractivity contribution is 7.16. The van der Waals surface area contributed by atoms with Gasteiger partial charge in [-0.3, -0.25) is 9.48 Å². The van der Waals surface area contributed by atoms with E-state index < -0.39 is 0 Å². The number of carbonyl (C=O) groups excluding carboxylic acids is 1. The number of rotatable bonds is 6. The summed E-state index contributed by atoms with van der Waals surface area (Å²) in [6.45, 7) is 2.78. The van der Waals surface area contributed by atoms with Gasteiger partial charge in [0.25, 0.3) is 5.91 Å². The first-order valence-corrected chi connectivity index (χ1v) is 8.28. The molecule has 0 aliphatic heterocycles. The van der Waals surface area contributed by atoms with Gasteiger partial charge in [-0.15, -0.1) is 11.3 Å². The van der Waals surface area contributed by atoms with Crippen LogP contribution in [0, 0.1) is 0 Å². The Bertz CT molecular complexity index is 842. The Morgan fingerprint density at radius 2 is 2.25 bits per heavy atom. The summed E-state index contributed by atoms with van der Waals surface area (Å²) in [6, 6.07) is 3.70. The van der Waals surface area contributed by atoms with Crippen LogP contribution in [0.5, 0.6) is 5.88 Å². The van der Waals surface area contributed by atoms with Crippen LogP contribution in [0.3, 0.4) is 0 Å². The SMILES string of the molecule is CCOc1ncccc1CNC(=O)c1cnc(-c2cnn(C)c2)s1. The van der Waals surface area contributed by atoms with Crippen LogP contribution in [0.1, 0.15) is 22.2 Å². The van der Waals surface area contributed by atoms with E-state index >= 15 is 0 Å². The topological polar surface area (TPSA) is 81.9 Å². The smallest absolute Gasteiger partial charge is 0.263 e. The molecule has 0 saturated heterocycles. The van der Waals surface area contributed by atoms with Gasteiger partial charge in [-0.05, 0) is 13.0 Å². The third kappa shape index (κ3) is 3.60. The summed E-state index contributed by atoms with van der Waals surface area (Å²) in [4.78, 5) is 21.3. The highest BCUT2D eigenvalue weighted by atomic mass is 32.1. The predicted molar refractivity (Wildman–Crippen MR) is 90.9 cm³/mol. The second-order valence-corrected chi connectivity index (χ2v) is 6.05. The molecule has 7 nitrogen and oxygen atoms in total. The summed E-state index contributed by atoms with van der Waals surface area (Å²) in [5, 5.41) is 7.76. The predicted octanol–water partition coefficient (Wildman–Crippen LogP) is 2.27. The van der Waals surface area contributed by atoms with Crippen molar-refractivity contribution in [3.63, 3.8) is 0 Å². The van der Waals surface area contributed by atoms with E-state index in [2.05, 4.69) is 20.4 Å². The van der Waals surface area contributed by atoms with Gasteiger partial charge in [0.1, 0.15) is 9.88 Å². The molecule has 1 N–H and O–H groups in total. The molecule has 0 aromatic carbocycles. The van der Waals surface area contributed by atoms with Gasteiger partial charge in [-0.25, -0.2) is 9.97 Å². The fourth-order valence-corrected chi connectivity index (χ4v) is 2.94. The fraction of sp³-hybridized carbons (Fsp3) is 0.250. The van der Waals surface area contributed by atoms with Gasteiger partial charge in [-0.2, -0.15) is 5.10 Å². The number of aromatic nitrogens is 4. The van der Waals surface area contributed by atoms with Gasteiger partial charge in [-0.1, -0.05) is 6.07 Å². The maximum Gasteiger partial charge on any atom is 0.263 e. The van der Waals surface area contributed by atoms with Gasteiger partial charge in [0, 0.05) is 37.1 Å². The van der Waals surface area contributed by atoms with E-state index in [0.717, 1.165) is 16.1 Å². The lowest BCUT2D eigenvalue weighted by Crippen LogP contribution is -2.22. The van der Waals surface area contributed by atoms with Crippen molar-refractivity contribution in [3.8, 4) is 16.5 Å². The number of nitrogens with zero attached hydrogens (tertiary/aromatic N) is 4. The molecule has 24 heavy (non-hydrogen) atoms. The molecular formula is C16H17N5O2S. The first-order valence-electron chi connectivity index (χ1n) is 7.47. The van der Waals surface area contributed by atoms with Crippen molar-refractivity contribution in [2.75, 3.05) is 6.61 Å². The summed E-state index contributed by atoms with van der Waals surface area (Å²) in [5.41, 5.74) is 1.73. The summed E-state index contributed by atoms with van der Waals surface area (Å²) < 4.78 is 7.16. The molecule has 0 unspecified atom stereocenters. The molecule has 0 aliphatic rings. The number of hydrogen-bond acceptors (Lipinski definition) is 6. The van der Waals surface area contributed by atoms with Gasteiger partial charge in [0.2, 0.25) is 5.88 Å². The van der Waals surface area contributed by atoms with E-state index in [1.807, 2.05) is 32.3 Å². The molecule has 0 saturated carbocycles. The molecule has 8 heteroatoms. The van der Waals surface area contributed by atoms with Crippen LogP contribution in [0.15, 0.2) is 36.9 Å². The zero-order valence-corrected chi connectivity index (χ0v) is 14.2. The molecular weight excluding hydrogens is 326 g/mol. The summed E-state index contributed by atoms with van der Waals surface area (Å²) in [7, 11) is 1.84. The van der Waals surface area contributed by atoms with Gasteiger partial charge in [0.15, 0.2) is 0 Å². The molecule has 0 bridgehead atoms. The third-order valence-electron chi connectivity index (χ3n) is 3.25. The fourth-order valence-electron chi connectivity index (χ4n) is 2.13. The molecule has 0 aliphatic carbocycles. The Labute approximate surface area is 143 Å². The van der Waals surface area contributed by atoms with Crippen LogP contribution in [-0.2, 0) is 13.6 Å². The van der Waals surface area contributed by atoms with E-state index in [1.165, 1.54) is 11.3 Å². The molecule has 0 radical (unpaired) electrons. The Kier molecular flexibility index (Phi) is 4.85. The minimum atomic E-state index is -0.172. The second-order valence-electron chi connectivity index (χ2n) is 5.02. The minimum absolute atomic E-state index is 0.172. The van der Waals surface area contributed by atoms with Crippen molar-refractivity contribution < 1.29 is 9.53 Å². The standard InChI is InChI=1S/C16H17N5O2S/c1-3-23-15-11(5-4-6-17-15)7-18-14(22)13-9-19-16(24-13)12-8-20-21(2)10-12/h4-6,8-10H,3,7H2,1-2H3,(H,18,22). The van der Waals surface area contributed by atoms with Crippen molar-refractivity contribution in [2.24, 2.45) is 7.05 Å². The summed E-state index contributed by atoms with van der Waals surface area (Å²) >= 11 is 1.33. The van der Waals surface area contributed by atoms with Crippen molar-refractivity contribution >= 4 is 17.2 Å². The Balaban J connectivity index is 1.67. The average Bonchev–Trinajstić information content (AvgIpc) is 3.23. The molecule has 3 aromatic heterocycles. The highest BCUT2D eigenvalue weighted by Crippen LogP contribution is 2.24. The first-order chi connectivity index (χ1) is 11.7. The maximum atomic E-state index is 12.3. The van der Waals surface area contributed by atoms with E-state index in [9.17, 15) is 4.79 Å². The van der Waals surface area contributed by atoms with Gasteiger partial charge in [0.05, 0.1) is 19.0 Å². The Morgan fingerprint density at radius 1 is 1.38 bits per heavy atom. The Hall–Kier alpha value is -2.74. The van der Waals surface area contributed by atoms with Gasteiger partial charge < -0.3 is 10.1 Å². The summed E-state index contributed by atoms with van der Waals surface area (Å²) in [6.07, 6.45) is 6.84. The first kappa shape index (κ1) is 16.1. The van der Waals surface area contributed by atoms with Crippen LogP contribution in [0.2, 0.25) is 0 Å². The normalized spacial score (nSPS) is 10.6. The second kappa shape index (κ2) is 7.22. The van der Waals surface area contributed by atoms with Crippen molar-refractivity contribution in [3.05, 3.63) is 47.4 Å². The van der Waals surface area contributed by atoms with Crippen molar-refractivity contribution in [1.29, 1.82) is 0 Å². The number of hydrogen-bond donors (Lipinski definition) is 1. The molecule has 3 aromatic rings. The quantitative estimate of drug-likeness (QED) is 0.742. The van der Waals surface area contributed by atoms with Crippen molar-refractivity contribution in [1.82, 2.24) is 25.1 Å². The molecule has 3 heterocycles. The summed E-state index contributed by atoms with van der Waals surface area (Å²) in [5.74, 6) is 0.370. The minimum Gasteiger partial charge on any atom is -0.478 e. The highest BCUT2D eigenvalue weighted by Gasteiger charge is 2.13. The third-order valence-corrected chi connectivity index (χ3v) is 4.30. The molecule has 0 spiro atoms. The van der Waals surface area contributed by atoms with E-state index in [0.29, 0.717) is 23.9 Å². The van der Waals surface area contributed by atoms with E-state index in [1.54, 1.807) is 23.3 Å². The maximum absolute atomic E-state index is 12.3. The van der Waals surface area contributed by atoms with E-state index in [-0.39, 0.29) is 5.91 Å². The number of carbonyl (C=O) groups is 1. The van der Waals surface area contributed by atoms with Crippen LogP contribution < -0.4 is 10.1 Å². The number of ether oxygens (including phenoxy) is 1. The zero-order valence-electron chi connectivity index (χ0n) is 13.4. The zero-order chi connectivity index (χ0) is 16.9. The van der Waals surface area contributed by atoms with E-state index in [4.69, 9.17) is 4.74 Å². The number of aryl methyl sites for hydroxylation is 1.